The molecule has 192 valence electrons. The topological polar surface area (TPSA) is 83.5 Å². The van der Waals surface area contributed by atoms with Crippen LogP contribution in [0.25, 0.3) is 0 Å². The Bertz CT molecular complexity index is 1220. The van der Waals surface area contributed by atoms with Crippen molar-refractivity contribution in [3.63, 3.8) is 0 Å². The minimum absolute atomic E-state index is 0. The smallest absolute Gasteiger partial charge is 0.230 e. The second kappa shape index (κ2) is 14.8. The maximum atomic E-state index is 12.5. The molecule has 1 heterocycles. The first-order valence-electron chi connectivity index (χ1n) is 12.1. The van der Waals surface area contributed by atoms with Crippen LogP contribution in [0.3, 0.4) is 0 Å². The lowest BCUT2D eigenvalue weighted by Gasteiger charge is -2.12. The molecule has 0 spiro atoms. The van der Waals surface area contributed by atoms with Gasteiger partial charge in [-0.05, 0) is 47.9 Å². The third kappa shape index (κ3) is 9.35. The molecule has 0 aliphatic heterocycles. The van der Waals surface area contributed by atoms with Crippen molar-refractivity contribution in [1.82, 2.24) is 10.3 Å². The summed E-state index contributed by atoms with van der Waals surface area (Å²) in [6.07, 6.45) is 0.474. The van der Waals surface area contributed by atoms with Gasteiger partial charge in [0.05, 0.1) is 18.2 Å². The number of halogens is 1. The summed E-state index contributed by atoms with van der Waals surface area (Å²) in [5.74, 6) is 0.366. The lowest BCUT2D eigenvalue weighted by atomic mass is 10.1. The molecule has 4 rings (SSSR count). The number of ether oxygens (including phenoxy) is 1. The summed E-state index contributed by atoms with van der Waals surface area (Å²) in [4.78, 5) is 17.0. The zero-order valence-electron chi connectivity index (χ0n) is 20.5. The van der Waals surface area contributed by atoms with Gasteiger partial charge in [-0.15, -0.1) is 12.4 Å². The van der Waals surface area contributed by atoms with Crippen LogP contribution < -0.4 is 15.4 Å². The first-order valence-corrected chi connectivity index (χ1v) is 12.1. The van der Waals surface area contributed by atoms with Crippen molar-refractivity contribution in [2.75, 3.05) is 18.4 Å². The lowest BCUT2D eigenvalue weighted by molar-refractivity contribution is -0.115. The van der Waals surface area contributed by atoms with Gasteiger partial charge in [0.1, 0.15) is 6.61 Å². The molecule has 0 fully saturated rings. The molecule has 3 aromatic carbocycles. The van der Waals surface area contributed by atoms with E-state index in [2.05, 4.69) is 15.6 Å². The monoisotopic (exact) mass is 517 g/mol. The Labute approximate surface area is 224 Å². The summed E-state index contributed by atoms with van der Waals surface area (Å²) in [6, 6.07) is 32.8. The van der Waals surface area contributed by atoms with Crippen molar-refractivity contribution < 1.29 is 14.6 Å². The molecule has 0 aliphatic carbocycles. The molecule has 0 bridgehead atoms. The molecule has 1 aromatic heterocycles. The average Bonchev–Trinajstić information content (AvgIpc) is 2.92. The Morgan fingerprint density at radius 1 is 0.838 bits per heavy atom. The van der Waals surface area contributed by atoms with E-state index in [9.17, 15) is 9.90 Å². The number of aromatic nitrogens is 1. The number of nitrogens with zero attached hydrogens (tertiary/aromatic N) is 1. The quantitative estimate of drug-likeness (QED) is 0.227. The van der Waals surface area contributed by atoms with Crippen LogP contribution in [0, 0.1) is 0 Å². The number of anilines is 1. The van der Waals surface area contributed by atoms with E-state index in [4.69, 9.17) is 4.74 Å². The number of hydrogen-bond acceptors (Lipinski definition) is 5. The molecule has 3 N–H and O–H groups in total. The summed E-state index contributed by atoms with van der Waals surface area (Å²) in [6.45, 7) is 1.69. The normalized spacial score (nSPS) is 11.3. The maximum absolute atomic E-state index is 12.5. The van der Waals surface area contributed by atoms with Crippen LogP contribution in [0.15, 0.2) is 103 Å². The third-order valence-corrected chi connectivity index (χ3v) is 5.70. The molecular formula is C30H32ClN3O3. The SMILES string of the molecule is Cl.O=C(Cc1cccc(OCc2ccccc2)n1)Nc1ccc(CCNC[C@H](O)c2ccccc2)cc1. The molecule has 0 saturated heterocycles. The highest BCUT2D eigenvalue weighted by molar-refractivity contribution is 5.92. The number of rotatable bonds is 12. The van der Waals surface area contributed by atoms with E-state index in [1.165, 1.54) is 0 Å². The predicted octanol–water partition coefficient (Wildman–Crippen LogP) is 5.13. The van der Waals surface area contributed by atoms with E-state index < -0.39 is 6.10 Å². The zero-order valence-corrected chi connectivity index (χ0v) is 21.4. The molecule has 0 radical (unpaired) electrons. The summed E-state index contributed by atoms with van der Waals surface area (Å²) in [5, 5.41) is 16.4. The summed E-state index contributed by atoms with van der Waals surface area (Å²) in [5.41, 5.74) is 4.52. The predicted molar refractivity (Wildman–Crippen MR) is 149 cm³/mol. The molecule has 0 saturated carbocycles. The highest BCUT2D eigenvalue weighted by Gasteiger charge is 2.08. The van der Waals surface area contributed by atoms with E-state index in [0.717, 1.165) is 35.3 Å². The van der Waals surface area contributed by atoms with Crippen LogP contribution >= 0.6 is 12.4 Å². The number of benzene rings is 3. The van der Waals surface area contributed by atoms with Gasteiger partial charge in [0.15, 0.2) is 0 Å². The standard InChI is InChI=1S/C30H31N3O3.ClH/c34-28(25-10-5-2-6-11-25)21-31-19-18-23-14-16-26(17-15-23)32-29(35)20-27-12-7-13-30(33-27)36-22-24-8-3-1-4-9-24;/h1-17,28,31,34H,18-22H2,(H,32,35);1H/t28-;/m0./s1. The Balaban J connectivity index is 0.00000380. The Morgan fingerprint density at radius 3 is 2.27 bits per heavy atom. The van der Waals surface area contributed by atoms with Crippen LogP contribution in [0.4, 0.5) is 5.69 Å². The maximum Gasteiger partial charge on any atom is 0.230 e. The van der Waals surface area contributed by atoms with Gasteiger partial charge in [-0.2, -0.15) is 0 Å². The second-order valence-corrected chi connectivity index (χ2v) is 8.54. The Hall–Kier alpha value is -3.71. The summed E-state index contributed by atoms with van der Waals surface area (Å²) < 4.78 is 5.76. The summed E-state index contributed by atoms with van der Waals surface area (Å²) in [7, 11) is 0. The number of amides is 1. The molecule has 7 heteroatoms. The number of carbonyl (C=O) groups excluding carboxylic acids is 1. The van der Waals surface area contributed by atoms with Crippen LogP contribution in [-0.2, 0) is 24.2 Å². The molecular weight excluding hydrogens is 486 g/mol. The minimum atomic E-state index is -0.519. The van der Waals surface area contributed by atoms with E-state index in [1.807, 2.05) is 97.1 Å². The Kier molecular flexibility index (Phi) is 11.1. The number of carbonyl (C=O) groups is 1. The fourth-order valence-corrected chi connectivity index (χ4v) is 3.76. The van der Waals surface area contributed by atoms with Crippen molar-refractivity contribution in [1.29, 1.82) is 0 Å². The van der Waals surface area contributed by atoms with Crippen LogP contribution in [0.1, 0.15) is 28.5 Å². The number of aliphatic hydroxyl groups is 1. The largest absolute Gasteiger partial charge is 0.473 e. The van der Waals surface area contributed by atoms with Gasteiger partial charge in [-0.1, -0.05) is 78.9 Å². The van der Waals surface area contributed by atoms with E-state index in [-0.39, 0.29) is 24.7 Å². The molecule has 37 heavy (non-hydrogen) atoms. The molecule has 0 aliphatic rings. The van der Waals surface area contributed by atoms with Crippen molar-refractivity contribution in [2.24, 2.45) is 0 Å². The van der Waals surface area contributed by atoms with Gasteiger partial charge in [0.2, 0.25) is 11.8 Å². The Morgan fingerprint density at radius 2 is 1.54 bits per heavy atom. The molecule has 1 atom stereocenters. The average molecular weight is 518 g/mol. The van der Waals surface area contributed by atoms with Crippen LogP contribution in [0.5, 0.6) is 5.88 Å². The van der Waals surface area contributed by atoms with E-state index in [0.29, 0.717) is 24.7 Å². The number of pyridine rings is 1. The van der Waals surface area contributed by atoms with E-state index >= 15 is 0 Å². The van der Waals surface area contributed by atoms with Crippen LogP contribution in [-0.4, -0.2) is 29.1 Å². The van der Waals surface area contributed by atoms with Gasteiger partial charge < -0.3 is 20.5 Å². The van der Waals surface area contributed by atoms with Gasteiger partial charge >= 0.3 is 0 Å². The lowest BCUT2D eigenvalue weighted by Crippen LogP contribution is -2.23. The zero-order chi connectivity index (χ0) is 25.0. The van der Waals surface area contributed by atoms with Crippen LogP contribution in [0.2, 0.25) is 0 Å². The van der Waals surface area contributed by atoms with Crippen molar-refractivity contribution >= 4 is 24.0 Å². The molecule has 1 amide bonds. The van der Waals surface area contributed by atoms with Gasteiger partial charge in [-0.3, -0.25) is 4.79 Å². The van der Waals surface area contributed by atoms with Gasteiger partial charge in [-0.25, -0.2) is 4.98 Å². The van der Waals surface area contributed by atoms with E-state index in [1.54, 1.807) is 6.07 Å². The highest BCUT2D eigenvalue weighted by atomic mass is 35.5. The number of hydrogen-bond donors (Lipinski definition) is 3. The fourth-order valence-electron chi connectivity index (χ4n) is 3.76. The van der Waals surface area contributed by atoms with Gasteiger partial charge in [0.25, 0.3) is 0 Å². The first kappa shape index (κ1) is 27.9. The third-order valence-electron chi connectivity index (χ3n) is 5.70. The highest BCUT2D eigenvalue weighted by Crippen LogP contribution is 2.14. The van der Waals surface area contributed by atoms with Gasteiger partial charge in [0, 0.05) is 18.3 Å². The molecule has 0 unspecified atom stereocenters. The second-order valence-electron chi connectivity index (χ2n) is 8.54. The fraction of sp³-hybridized carbons (Fsp3) is 0.200. The molecule has 4 aromatic rings. The van der Waals surface area contributed by atoms with Crippen molar-refractivity contribution in [3.05, 3.63) is 126 Å². The first-order chi connectivity index (χ1) is 17.7. The number of aliphatic hydroxyl groups excluding tert-OH is 1. The summed E-state index contributed by atoms with van der Waals surface area (Å²) >= 11 is 0. The minimum Gasteiger partial charge on any atom is -0.473 e. The van der Waals surface area contributed by atoms with Crippen molar-refractivity contribution in [3.8, 4) is 5.88 Å². The molecule has 6 nitrogen and oxygen atoms in total. The van der Waals surface area contributed by atoms with Crippen molar-refractivity contribution in [2.45, 2.75) is 25.6 Å². The number of nitrogens with one attached hydrogen (secondary N) is 2.